The minimum Gasteiger partial charge on any atom is -0.507 e. The van der Waals surface area contributed by atoms with Gasteiger partial charge in [0.15, 0.2) is 11.6 Å². The van der Waals surface area contributed by atoms with Gasteiger partial charge in [-0.25, -0.2) is 0 Å². The Balaban J connectivity index is 1.14. The molecule has 0 aromatic heterocycles. The smallest absolute Gasteiger partial charge is 0.198 e. The summed E-state index contributed by atoms with van der Waals surface area (Å²) in [6.07, 6.45) is 13.6. The molecule has 7 rings (SSSR count). The van der Waals surface area contributed by atoms with Crippen molar-refractivity contribution in [1.29, 1.82) is 0 Å². The van der Waals surface area contributed by atoms with Crippen LogP contribution in [-0.4, -0.2) is 21.8 Å². The van der Waals surface area contributed by atoms with Crippen molar-refractivity contribution in [1.82, 2.24) is 0 Å². The standard InChI is InChI=1S/C49H52O4/c1-5-7-9-12-32-15-17-34(18-16-32)35-19-21-36(22-20-35)39-23-25-41-44(46(39)50)48(52)42-26-24-40(47(51)45(42)49(41)53)38-27-30(3)43(31(4)28-38)37-14-10-13-33(29-37)11-8-6-2/h10,13-14,19-29,32,34,50-51H,5-9,11-12,15-18H2,1-4H3. The quantitative estimate of drug-likeness (QED) is 0.132. The van der Waals surface area contributed by atoms with Crippen LogP contribution in [0.15, 0.2) is 84.9 Å². The van der Waals surface area contributed by atoms with Gasteiger partial charge in [-0.2, -0.15) is 0 Å². The van der Waals surface area contributed by atoms with Gasteiger partial charge in [-0.15, -0.1) is 0 Å². The first-order valence-corrected chi connectivity index (χ1v) is 19.8. The SMILES string of the molecule is CCCCCC1CCC(c2ccc(-c3ccc4c(c3O)C(=O)c3ccc(-c5cc(C)c(-c6cccc(CCCC)c6)c(C)c5)c(O)c3C4=O)cc2)CC1. The Kier molecular flexibility index (Phi) is 10.7. The van der Waals surface area contributed by atoms with E-state index in [0.29, 0.717) is 17.0 Å². The summed E-state index contributed by atoms with van der Waals surface area (Å²) in [4.78, 5) is 28.0. The molecule has 0 aliphatic heterocycles. The van der Waals surface area contributed by atoms with Gasteiger partial charge < -0.3 is 10.2 Å². The summed E-state index contributed by atoms with van der Waals surface area (Å²) in [5, 5.41) is 23.2. The second kappa shape index (κ2) is 15.6. The number of benzene rings is 5. The number of hydrogen-bond acceptors (Lipinski definition) is 4. The van der Waals surface area contributed by atoms with Crippen molar-refractivity contribution >= 4 is 11.6 Å². The number of carbonyl (C=O) groups is 2. The van der Waals surface area contributed by atoms with E-state index in [1.54, 1.807) is 24.3 Å². The molecule has 0 spiro atoms. The molecule has 2 aliphatic rings. The number of phenolic OH excluding ortho intramolecular Hbond substituents is 2. The van der Waals surface area contributed by atoms with Crippen LogP contribution in [0.1, 0.15) is 138 Å². The van der Waals surface area contributed by atoms with Gasteiger partial charge >= 0.3 is 0 Å². The molecule has 4 heteroatoms. The van der Waals surface area contributed by atoms with Crippen molar-refractivity contribution in [2.75, 3.05) is 0 Å². The summed E-state index contributed by atoms with van der Waals surface area (Å²) < 4.78 is 0. The molecule has 0 radical (unpaired) electrons. The number of phenols is 2. The summed E-state index contributed by atoms with van der Waals surface area (Å²) in [7, 11) is 0. The lowest BCUT2D eigenvalue weighted by molar-refractivity contribution is 0.0974. The number of aromatic hydroxyl groups is 2. The Morgan fingerprint density at radius 2 is 1.13 bits per heavy atom. The van der Waals surface area contributed by atoms with Gasteiger partial charge in [0, 0.05) is 22.3 Å². The van der Waals surface area contributed by atoms with Gasteiger partial charge in [0.1, 0.15) is 11.5 Å². The first-order chi connectivity index (χ1) is 25.7. The lowest BCUT2D eigenvalue weighted by Gasteiger charge is -2.29. The van der Waals surface area contributed by atoms with E-state index in [-0.39, 0.29) is 33.8 Å². The van der Waals surface area contributed by atoms with Crippen LogP contribution < -0.4 is 0 Å². The first-order valence-electron chi connectivity index (χ1n) is 19.8. The van der Waals surface area contributed by atoms with Crippen molar-refractivity contribution < 1.29 is 19.8 Å². The Bertz CT molecular complexity index is 2140. The molecule has 1 fully saturated rings. The molecule has 53 heavy (non-hydrogen) atoms. The molecule has 0 saturated heterocycles. The first kappa shape index (κ1) is 36.4. The fourth-order valence-corrected chi connectivity index (χ4v) is 9.00. The average molecular weight is 705 g/mol. The number of hydrogen-bond donors (Lipinski definition) is 2. The maximum Gasteiger partial charge on any atom is 0.198 e. The molecule has 0 amide bonds. The van der Waals surface area contributed by atoms with Crippen LogP contribution >= 0.6 is 0 Å². The monoisotopic (exact) mass is 704 g/mol. The molecular weight excluding hydrogens is 653 g/mol. The van der Waals surface area contributed by atoms with Crippen molar-refractivity contribution in [2.45, 2.75) is 104 Å². The van der Waals surface area contributed by atoms with Gasteiger partial charge in [-0.1, -0.05) is 107 Å². The Labute approximate surface area is 314 Å². The third-order valence-electron chi connectivity index (χ3n) is 11.9. The molecule has 5 aromatic carbocycles. The normalized spacial score (nSPS) is 16.8. The molecule has 0 bridgehead atoms. The number of fused-ring (bicyclic) bond motifs is 2. The summed E-state index contributed by atoms with van der Waals surface area (Å²) in [5.74, 6) is 0.0612. The zero-order valence-electron chi connectivity index (χ0n) is 31.7. The van der Waals surface area contributed by atoms with E-state index >= 15 is 0 Å². The highest BCUT2D eigenvalue weighted by atomic mass is 16.3. The summed E-state index contributed by atoms with van der Waals surface area (Å²) in [5.41, 5.74) is 9.86. The Morgan fingerprint density at radius 3 is 1.72 bits per heavy atom. The fourth-order valence-electron chi connectivity index (χ4n) is 9.00. The maximum absolute atomic E-state index is 14.0. The predicted octanol–water partition coefficient (Wildman–Crippen LogP) is 12.7. The molecule has 0 heterocycles. The van der Waals surface area contributed by atoms with E-state index in [9.17, 15) is 19.8 Å². The van der Waals surface area contributed by atoms with Crippen LogP contribution in [0.5, 0.6) is 11.5 Å². The molecular formula is C49H52O4. The highest BCUT2D eigenvalue weighted by Gasteiger charge is 2.36. The van der Waals surface area contributed by atoms with E-state index in [1.807, 2.05) is 24.3 Å². The molecule has 2 N–H and O–H groups in total. The van der Waals surface area contributed by atoms with Gasteiger partial charge in [-0.3, -0.25) is 9.59 Å². The largest absolute Gasteiger partial charge is 0.507 e. The second-order valence-corrected chi connectivity index (χ2v) is 15.6. The van der Waals surface area contributed by atoms with Gasteiger partial charge in [-0.05, 0) is 133 Å². The predicted molar refractivity (Wildman–Crippen MR) is 216 cm³/mol. The number of carbonyl (C=O) groups excluding carboxylic acids is 2. The highest BCUT2D eigenvalue weighted by Crippen LogP contribution is 2.45. The van der Waals surface area contributed by atoms with Crippen molar-refractivity contribution in [2.24, 2.45) is 5.92 Å². The third kappa shape index (κ3) is 7.09. The minimum atomic E-state index is -0.467. The van der Waals surface area contributed by atoms with Crippen LogP contribution in [0.3, 0.4) is 0 Å². The van der Waals surface area contributed by atoms with E-state index < -0.39 is 11.6 Å². The van der Waals surface area contributed by atoms with Crippen LogP contribution in [0.4, 0.5) is 0 Å². The summed E-state index contributed by atoms with van der Waals surface area (Å²) in [6, 6.07) is 27.8. The van der Waals surface area contributed by atoms with Crippen molar-refractivity contribution in [3.63, 3.8) is 0 Å². The fraction of sp³-hybridized carbons (Fsp3) is 0.347. The molecule has 1 saturated carbocycles. The topological polar surface area (TPSA) is 74.6 Å². The van der Waals surface area contributed by atoms with Crippen LogP contribution in [0, 0.1) is 19.8 Å². The second-order valence-electron chi connectivity index (χ2n) is 15.6. The van der Waals surface area contributed by atoms with Crippen molar-refractivity contribution in [3.05, 3.63) is 129 Å². The van der Waals surface area contributed by atoms with E-state index in [4.69, 9.17) is 0 Å². The van der Waals surface area contributed by atoms with Crippen LogP contribution in [0.2, 0.25) is 0 Å². The van der Waals surface area contributed by atoms with Crippen LogP contribution in [0.25, 0.3) is 33.4 Å². The Hall–Kier alpha value is -4.96. The number of rotatable bonds is 11. The maximum atomic E-state index is 14.0. The molecule has 4 nitrogen and oxygen atoms in total. The van der Waals surface area contributed by atoms with Gasteiger partial charge in [0.25, 0.3) is 0 Å². The zero-order valence-corrected chi connectivity index (χ0v) is 31.7. The molecule has 272 valence electrons. The Morgan fingerprint density at radius 1 is 0.566 bits per heavy atom. The number of unbranched alkanes of at least 4 members (excludes halogenated alkanes) is 3. The molecule has 0 unspecified atom stereocenters. The molecule has 5 aromatic rings. The van der Waals surface area contributed by atoms with Crippen LogP contribution in [-0.2, 0) is 6.42 Å². The lowest BCUT2D eigenvalue weighted by atomic mass is 9.76. The van der Waals surface area contributed by atoms with E-state index in [1.165, 1.54) is 62.5 Å². The summed E-state index contributed by atoms with van der Waals surface area (Å²) in [6.45, 7) is 8.60. The van der Waals surface area contributed by atoms with E-state index in [2.05, 4.69) is 64.1 Å². The van der Waals surface area contributed by atoms with Gasteiger partial charge in [0.05, 0.1) is 11.1 Å². The average Bonchev–Trinajstić information content (AvgIpc) is 3.16. The highest BCUT2D eigenvalue weighted by molar-refractivity contribution is 6.31. The third-order valence-corrected chi connectivity index (χ3v) is 11.9. The number of ketones is 2. The lowest BCUT2D eigenvalue weighted by Crippen LogP contribution is -2.21. The number of aryl methyl sites for hydroxylation is 3. The van der Waals surface area contributed by atoms with E-state index in [0.717, 1.165) is 58.6 Å². The minimum absolute atomic E-state index is 0.00479. The molecule has 0 atom stereocenters. The van der Waals surface area contributed by atoms with Crippen molar-refractivity contribution in [3.8, 4) is 44.9 Å². The zero-order chi connectivity index (χ0) is 37.2. The van der Waals surface area contributed by atoms with Gasteiger partial charge in [0.2, 0.25) is 0 Å². The molecule has 2 aliphatic carbocycles. The summed E-state index contributed by atoms with van der Waals surface area (Å²) >= 11 is 0.